The fraction of sp³-hybridized carbons (Fsp3) is 0.125. The molecule has 0 atom stereocenters. The Morgan fingerprint density at radius 1 is 1.09 bits per heavy atom. The molecule has 0 fully saturated rings. The van der Waals surface area contributed by atoms with Gasteiger partial charge in [-0.15, -0.1) is 0 Å². The van der Waals surface area contributed by atoms with Crippen molar-refractivity contribution in [3.8, 4) is 11.3 Å². The van der Waals surface area contributed by atoms with Gasteiger partial charge in [0.25, 0.3) is 0 Å². The lowest BCUT2D eigenvalue weighted by Crippen LogP contribution is -1.88. The Balaban J connectivity index is 1.78. The molecule has 0 saturated carbocycles. The van der Waals surface area contributed by atoms with E-state index in [-0.39, 0.29) is 6.61 Å². The summed E-state index contributed by atoms with van der Waals surface area (Å²) in [4.78, 5) is 7.84. The van der Waals surface area contributed by atoms with E-state index in [1.807, 2.05) is 24.3 Å². The Bertz CT molecular complexity index is 755. The Morgan fingerprint density at radius 3 is 2.68 bits per heavy atom. The van der Waals surface area contributed by atoms with E-state index in [0.717, 1.165) is 16.7 Å². The van der Waals surface area contributed by atoms with E-state index in [1.165, 1.54) is 6.39 Å². The van der Waals surface area contributed by atoms with Gasteiger partial charge >= 0.3 is 0 Å². The number of azo groups is 1. The number of benzene rings is 1. The third-order valence-corrected chi connectivity index (χ3v) is 3.15. The van der Waals surface area contributed by atoms with Crippen LogP contribution in [0.25, 0.3) is 11.3 Å². The number of nitrogens with zero attached hydrogens (tertiary/aromatic N) is 4. The first-order valence-electron chi connectivity index (χ1n) is 6.76. The predicted octanol–water partition coefficient (Wildman–Crippen LogP) is 3.51. The van der Waals surface area contributed by atoms with Gasteiger partial charge in [-0.1, -0.05) is 0 Å². The fourth-order valence-electron chi connectivity index (χ4n) is 2.05. The van der Waals surface area contributed by atoms with Crippen LogP contribution in [0.2, 0.25) is 0 Å². The molecule has 6 nitrogen and oxygen atoms in total. The quantitative estimate of drug-likeness (QED) is 0.730. The van der Waals surface area contributed by atoms with Gasteiger partial charge in [0.15, 0.2) is 12.2 Å². The summed E-state index contributed by atoms with van der Waals surface area (Å²) in [6.45, 7) is 0.380. The summed E-state index contributed by atoms with van der Waals surface area (Å²) in [7, 11) is 0. The molecule has 2 heterocycles. The van der Waals surface area contributed by atoms with Gasteiger partial charge in [-0.2, -0.15) is 10.2 Å². The SMILES string of the molecule is OCc1cc(N=NCc2ccncc2)ccc1-c1cnco1. The maximum atomic E-state index is 9.50. The van der Waals surface area contributed by atoms with Crippen molar-refractivity contribution in [3.63, 3.8) is 0 Å². The molecule has 2 aromatic heterocycles. The maximum Gasteiger partial charge on any atom is 0.181 e. The van der Waals surface area contributed by atoms with Crippen LogP contribution < -0.4 is 0 Å². The van der Waals surface area contributed by atoms with Gasteiger partial charge in [0.05, 0.1) is 25.0 Å². The average molecular weight is 294 g/mol. The second-order valence-corrected chi connectivity index (χ2v) is 4.62. The highest BCUT2D eigenvalue weighted by molar-refractivity contribution is 5.64. The van der Waals surface area contributed by atoms with E-state index in [0.29, 0.717) is 18.0 Å². The molecular formula is C16H14N4O2. The minimum absolute atomic E-state index is 0.107. The Labute approximate surface area is 127 Å². The molecule has 0 aliphatic carbocycles. The highest BCUT2D eigenvalue weighted by Crippen LogP contribution is 2.27. The zero-order valence-corrected chi connectivity index (χ0v) is 11.8. The lowest BCUT2D eigenvalue weighted by molar-refractivity contribution is 0.282. The molecule has 110 valence electrons. The maximum absolute atomic E-state index is 9.50. The molecule has 3 rings (SSSR count). The molecule has 22 heavy (non-hydrogen) atoms. The average Bonchev–Trinajstić information content (AvgIpc) is 3.10. The summed E-state index contributed by atoms with van der Waals surface area (Å²) in [6.07, 6.45) is 6.42. The van der Waals surface area contributed by atoms with Crippen molar-refractivity contribution in [2.24, 2.45) is 10.2 Å². The van der Waals surface area contributed by atoms with Crippen molar-refractivity contribution in [2.45, 2.75) is 13.2 Å². The van der Waals surface area contributed by atoms with Crippen molar-refractivity contribution in [3.05, 3.63) is 66.4 Å². The number of hydrogen-bond donors (Lipinski definition) is 1. The molecule has 0 unspecified atom stereocenters. The predicted molar refractivity (Wildman–Crippen MR) is 80.3 cm³/mol. The van der Waals surface area contributed by atoms with Gasteiger partial charge in [-0.05, 0) is 41.5 Å². The largest absolute Gasteiger partial charge is 0.444 e. The third kappa shape index (κ3) is 3.24. The van der Waals surface area contributed by atoms with Crippen LogP contribution in [0, 0.1) is 0 Å². The van der Waals surface area contributed by atoms with Crippen molar-refractivity contribution in [1.82, 2.24) is 9.97 Å². The second-order valence-electron chi connectivity index (χ2n) is 4.62. The molecule has 3 aromatic rings. The minimum atomic E-state index is -0.107. The zero-order valence-electron chi connectivity index (χ0n) is 11.8. The van der Waals surface area contributed by atoms with E-state index in [2.05, 4.69) is 20.2 Å². The highest BCUT2D eigenvalue weighted by Gasteiger charge is 2.08. The smallest absolute Gasteiger partial charge is 0.181 e. The summed E-state index contributed by atoms with van der Waals surface area (Å²) in [5.41, 5.74) is 3.24. The topological polar surface area (TPSA) is 83.9 Å². The summed E-state index contributed by atoms with van der Waals surface area (Å²) in [5, 5.41) is 17.8. The molecule has 0 bridgehead atoms. The summed E-state index contributed by atoms with van der Waals surface area (Å²) in [5.74, 6) is 0.615. The van der Waals surface area contributed by atoms with Crippen molar-refractivity contribution < 1.29 is 9.52 Å². The number of rotatable bonds is 5. The van der Waals surface area contributed by atoms with Crippen LogP contribution in [0.15, 0.2) is 70.0 Å². The number of hydrogen-bond acceptors (Lipinski definition) is 6. The normalized spacial score (nSPS) is 11.1. The van der Waals surface area contributed by atoms with Crippen molar-refractivity contribution in [2.75, 3.05) is 0 Å². The van der Waals surface area contributed by atoms with Crippen LogP contribution in [0.5, 0.6) is 0 Å². The van der Waals surface area contributed by atoms with Gasteiger partial charge in [0.2, 0.25) is 0 Å². The van der Waals surface area contributed by atoms with Gasteiger partial charge in [0, 0.05) is 18.0 Å². The van der Waals surface area contributed by atoms with Crippen molar-refractivity contribution in [1.29, 1.82) is 0 Å². The minimum Gasteiger partial charge on any atom is -0.444 e. The molecule has 0 spiro atoms. The fourth-order valence-corrected chi connectivity index (χ4v) is 2.05. The Hall–Kier alpha value is -2.86. The summed E-state index contributed by atoms with van der Waals surface area (Å²) >= 11 is 0. The standard InChI is InChI=1S/C16H14N4O2/c21-10-13-7-14(1-2-15(13)16-9-18-11-22-16)20-19-8-12-3-5-17-6-4-12/h1-7,9,11,21H,8,10H2. The van der Waals surface area contributed by atoms with Gasteiger partial charge in [0.1, 0.15) is 0 Å². The van der Waals surface area contributed by atoms with Crippen LogP contribution in [-0.2, 0) is 13.2 Å². The van der Waals surface area contributed by atoms with Crippen molar-refractivity contribution >= 4 is 5.69 Å². The van der Waals surface area contributed by atoms with E-state index >= 15 is 0 Å². The Morgan fingerprint density at radius 2 is 1.95 bits per heavy atom. The second kappa shape index (κ2) is 6.73. The van der Waals surface area contributed by atoms with E-state index < -0.39 is 0 Å². The first kappa shape index (κ1) is 14.1. The van der Waals surface area contributed by atoms with Crippen LogP contribution >= 0.6 is 0 Å². The molecule has 0 aliphatic rings. The van der Waals surface area contributed by atoms with Gasteiger partial charge < -0.3 is 9.52 Å². The number of pyridine rings is 1. The lowest BCUT2D eigenvalue weighted by atomic mass is 10.1. The Kier molecular flexibility index (Phi) is 4.31. The van der Waals surface area contributed by atoms with Gasteiger partial charge in [-0.25, -0.2) is 4.98 Å². The summed E-state index contributed by atoms with van der Waals surface area (Å²) in [6, 6.07) is 9.24. The highest BCUT2D eigenvalue weighted by atomic mass is 16.3. The molecule has 0 radical (unpaired) electrons. The van der Waals surface area contributed by atoms with Crippen LogP contribution in [-0.4, -0.2) is 15.1 Å². The molecule has 0 aliphatic heterocycles. The number of oxazole rings is 1. The van der Waals surface area contributed by atoms with Gasteiger partial charge in [-0.3, -0.25) is 4.98 Å². The third-order valence-electron chi connectivity index (χ3n) is 3.15. The van der Waals surface area contributed by atoms with E-state index in [9.17, 15) is 5.11 Å². The monoisotopic (exact) mass is 294 g/mol. The molecule has 0 saturated heterocycles. The van der Waals surface area contributed by atoms with Crippen LogP contribution in [0.1, 0.15) is 11.1 Å². The molecule has 6 heteroatoms. The zero-order chi connectivity index (χ0) is 15.2. The lowest BCUT2D eigenvalue weighted by Gasteiger charge is -2.04. The molecule has 1 N–H and O–H groups in total. The molecular weight excluding hydrogens is 280 g/mol. The summed E-state index contributed by atoms with van der Waals surface area (Å²) < 4.78 is 5.26. The number of aliphatic hydroxyl groups excluding tert-OH is 1. The molecule has 0 amide bonds. The van der Waals surface area contributed by atoms with Crippen LogP contribution in [0.4, 0.5) is 5.69 Å². The number of aromatic nitrogens is 2. The van der Waals surface area contributed by atoms with E-state index in [4.69, 9.17) is 4.42 Å². The van der Waals surface area contributed by atoms with Crippen LogP contribution in [0.3, 0.4) is 0 Å². The van der Waals surface area contributed by atoms with E-state index in [1.54, 1.807) is 24.7 Å². The first-order chi connectivity index (χ1) is 10.9. The molecule has 1 aromatic carbocycles. The number of aliphatic hydroxyl groups is 1. The first-order valence-corrected chi connectivity index (χ1v) is 6.76.